The highest BCUT2D eigenvalue weighted by Gasteiger charge is 2.42. The zero-order valence-corrected chi connectivity index (χ0v) is 23.8. The number of nitrogens with one attached hydrogen (secondary N) is 1. The minimum absolute atomic E-state index is 0.0977. The molecule has 3 aliphatic rings. The molecule has 1 aromatic heterocycles. The largest absolute Gasteiger partial charge is 0.384 e. The standard InChI is InChI=1S/C26H37N5O5S2/c1-19-4-6-23(7-5-19)38(34,35)31-13-10-24-25(27-2)30(18-28-26(24)31)22-14-21(15-22)17-37(32,33)29-11-8-20(9-12-29)16-36-3/h4-7,10,13,18,20-22,25,27H,8-9,11-12,14-17H2,1-3H3/t21-,22-,25?. The molecule has 208 valence electrons. The Kier molecular flexibility index (Phi) is 7.71. The van der Waals surface area contributed by atoms with Crippen molar-refractivity contribution >= 4 is 32.2 Å². The van der Waals surface area contributed by atoms with E-state index in [1.807, 2.05) is 14.0 Å². The summed E-state index contributed by atoms with van der Waals surface area (Å²) in [6.45, 7) is 3.73. The van der Waals surface area contributed by atoms with E-state index in [1.165, 1.54) is 3.97 Å². The average Bonchev–Trinajstić information content (AvgIpc) is 3.31. The summed E-state index contributed by atoms with van der Waals surface area (Å²) in [5.74, 6) is 1.09. The van der Waals surface area contributed by atoms with Gasteiger partial charge >= 0.3 is 0 Å². The Hall–Kier alpha value is -2.25. The Balaban J connectivity index is 1.24. The molecule has 3 heterocycles. The fraction of sp³-hybridized carbons (Fsp3) is 0.577. The number of hydrogen-bond acceptors (Lipinski definition) is 8. The lowest BCUT2D eigenvalue weighted by Gasteiger charge is -2.46. The van der Waals surface area contributed by atoms with E-state index in [4.69, 9.17) is 4.74 Å². The van der Waals surface area contributed by atoms with Crippen molar-refractivity contribution in [1.82, 2.24) is 18.5 Å². The maximum absolute atomic E-state index is 13.3. The van der Waals surface area contributed by atoms with Crippen LogP contribution in [-0.4, -0.2) is 82.0 Å². The van der Waals surface area contributed by atoms with Crippen LogP contribution in [-0.2, 0) is 24.8 Å². The summed E-state index contributed by atoms with van der Waals surface area (Å²) >= 11 is 0. The maximum atomic E-state index is 13.3. The van der Waals surface area contributed by atoms with Gasteiger partial charge in [0.1, 0.15) is 6.17 Å². The Morgan fingerprint density at radius 3 is 2.34 bits per heavy atom. The van der Waals surface area contributed by atoms with E-state index in [1.54, 1.807) is 54.3 Å². The first kappa shape index (κ1) is 27.3. The molecule has 1 saturated carbocycles. The fourth-order valence-corrected chi connectivity index (χ4v) is 8.97. The summed E-state index contributed by atoms with van der Waals surface area (Å²) < 4.78 is 60.8. The number of ether oxygens (including phenoxy) is 1. The quantitative estimate of drug-likeness (QED) is 0.499. The van der Waals surface area contributed by atoms with Gasteiger partial charge in [0.05, 0.1) is 17.0 Å². The van der Waals surface area contributed by atoms with Crippen molar-refractivity contribution in [2.75, 3.05) is 39.6 Å². The van der Waals surface area contributed by atoms with Gasteiger partial charge in [-0.05, 0) is 69.7 Å². The first-order chi connectivity index (χ1) is 18.1. The Labute approximate surface area is 225 Å². The summed E-state index contributed by atoms with van der Waals surface area (Å²) in [4.78, 5) is 6.85. The van der Waals surface area contributed by atoms with Crippen LogP contribution in [0.5, 0.6) is 0 Å². The van der Waals surface area contributed by atoms with Crippen molar-refractivity contribution in [2.24, 2.45) is 16.8 Å². The number of piperidine rings is 1. The lowest BCUT2D eigenvalue weighted by Crippen LogP contribution is -2.52. The second-order valence-electron chi connectivity index (χ2n) is 10.7. The molecule has 12 heteroatoms. The van der Waals surface area contributed by atoms with Crippen LogP contribution < -0.4 is 5.32 Å². The van der Waals surface area contributed by atoms with E-state index in [9.17, 15) is 16.8 Å². The predicted molar refractivity (Wildman–Crippen MR) is 146 cm³/mol. The number of aryl methyl sites for hydroxylation is 1. The molecule has 0 bridgehead atoms. The molecule has 1 N–H and O–H groups in total. The number of hydrogen-bond donors (Lipinski definition) is 1. The molecule has 0 amide bonds. The minimum atomic E-state index is -3.78. The highest BCUT2D eigenvalue weighted by molar-refractivity contribution is 7.90. The van der Waals surface area contributed by atoms with Gasteiger partial charge in [0, 0.05) is 44.6 Å². The van der Waals surface area contributed by atoms with Crippen LogP contribution >= 0.6 is 0 Å². The topological polar surface area (TPSA) is 113 Å². The van der Waals surface area contributed by atoms with Gasteiger partial charge in [-0.15, -0.1) is 0 Å². The van der Waals surface area contributed by atoms with Gasteiger partial charge in [0.15, 0.2) is 5.82 Å². The van der Waals surface area contributed by atoms with E-state index in [0.29, 0.717) is 31.4 Å². The van der Waals surface area contributed by atoms with E-state index in [0.717, 1.165) is 36.8 Å². The normalized spacial score (nSPS) is 24.8. The van der Waals surface area contributed by atoms with E-state index < -0.39 is 20.0 Å². The number of fused-ring (bicyclic) bond motifs is 1. The van der Waals surface area contributed by atoms with E-state index in [-0.39, 0.29) is 28.8 Å². The molecule has 1 aromatic carbocycles. The smallest absolute Gasteiger partial charge is 0.269 e. The molecule has 2 aromatic rings. The second-order valence-corrected chi connectivity index (χ2v) is 14.5. The number of sulfonamides is 1. The predicted octanol–water partition coefficient (Wildman–Crippen LogP) is 2.69. The van der Waals surface area contributed by atoms with Crippen LogP contribution in [0.1, 0.15) is 43.0 Å². The average molecular weight is 564 g/mol. The van der Waals surface area contributed by atoms with Gasteiger partial charge in [-0.2, -0.15) is 0 Å². The van der Waals surface area contributed by atoms with E-state index >= 15 is 0 Å². The van der Waals surface area contributed by atoms with E-state index in [2.05, 4.69) is 15.2 Å². The number of rotatable bonds is 9. The summed E-state index contributed by atoms with van der Waals surface area (Å²) in [5.41, 5.74) is 1.77. The van der Waals surface area contributed by atoms with Crippen LogP contribution in [0.3, 0.4) is 0 Å². The van der Waals surface area contributed by atoms with Crippen LogP contribution in [0.2, 0.25) is 0 Å². The van der Waals surface area contributed by atoms with Crippen molar-refractivity contribution in [3.05, 3.63) is 47.7 Å². The molecule has 2 aliphatic heterocycles. The molecule has 0 spiro atoms. The minimum Gasteiger partial charge on any atom is -0.384 e. The number of nitrogens with zero attached hydrogens (tertiary/aromatic N) is 4. The van der Waals surface area contributed by atoms with Crippen LogP contribution in [0, 0.1) is 18.8 Å². The molecule has 2 fully saturated rings. The summed E-state index contributed by atoms with van der Waals surface area (Å²) in [6.07, 6.45) is 6.19. The zero-order valence-electron chi connectivity index (χ0n) is 22.2. The maximum Gasteiger partial charge on any atom is 0.269 e. The second kappa shape index (κ2) is 10.7. The molecule has 1 aliphatic carbocycles. The van der Waals surface area contributed by atoms with Crippen molar-refractivity contribution in [1.29, 1.82) is 0 Å². The van der Waals surface area contributed by atoms with Crippen molar-refractivity contribution in [3.63, 3.8) is 0 Å². The number of methoxy groups -OCH3 is 1. The fourth-order valence-electron chi connectivity index (χ4n) is 5.81. The van der Waals surface area contributed by atoms with Gasteiger partial charge in [0.25, 0.3) is 10.0 Å². The lowest BCUT2D eigenvalue weighted by molar-refractivity contribution is 0.104. The summed E-state index contributed by atoms with van der Waals surface area (Å²) in [6, 6.07) is 8.70. The SMILES string of the molecule is CNC1c2ccn(S(=O)(=O)c3ccc(C)cc3)c2N=CN1[C@H]1C[C@H](CS(=O)(=O)N2CCC(COC)CC2)C1. The molecular formula is C26H37N5O5S2. The summed E-state index contributed by atoms with van der Waals surface area (Å²) in [5, 5.41) is 3.29. The third-order valence-electron chi connectivity index (χ3n) is 8.06. The van der Waals surface area contributed by atoms with Gasteiger partial charge in [-0.3, -0.25) is 5.32 Å². The summed E-state index contributed by atoms with van der Waals surface area (Å²) in [7, 11) is -3.55. The monoisotopic (exact) mass is 563 g/mol. The van der Waals surface area contributed by atoms with Crippen LogP contribution in [0.4, 0.5) is 5.82 Å². The van der Waals surface area contributed by atoms with Gasteiger partial charge in [-0.25, -0.2) is 30.1 Å². The first-order valence-corrected chi connectivity index (χ1v) is 16.2. The molecular weight excluding hydrogens is 526 g/mol. The van der Waals surface area contributed by atoms with Crippen molar-refractivity contribution in [3.8, 4) is 0 Å². The third-order valence-corrected chi connectivity index (χ3v) is 11.8. The third kappa shape index (κ3) is 5.16. The Morgan fingerprint density at radius 1 is 1.03 bits per heavy atom. The highest BCUT2D eigenvalue weighted by Crippen LogP contribution is 2.41. The highest BCUT2D eigenvalue weighted by atomic mass is 32.2. The number of aliphatic imine (C=N–C) groups is 1. The molecule has 1 saturated heterocycles. The molecule has 5 rings (SSSR count). The number of aromatic nitrogens is 1. The molecule has 0 radical (unpaired) electrons. The molecule has 38 heavy (non-hydrogen) atoms. The van der Waals surface area contributed by atoms with Crippen molar-refractivity contribution in [2.45, 2.75) is 49.7 Å². The van der Waals surface area contributed by atoms with Gasteiger partial charge in [0.2, 0.25) is 10.0 Å². The van der Waals surface area contributed by atoms with Gasteiger partial charge in [-0.1, -0.05) is 17.7 Å². The lowest BCUT2D eigenvalue weighted by atomic mass is 9.80. The van der Waals surface area contributed by atoms with Crippen molar-refractivity contribution < 1.29 is 21.6 Å². The number of benzene rings is 1. The molecule has 10 nitrogen and oxygen atoms in total. The van der Waals surface area contributed by atoms with Crippen LogP contribution in [0.15, 0.2) is 46.4 Å². The molecule has 1 atom stereocenters. The molecule has 1 unspecified atom stereocenters. The van der Waals surface area contributed by atoms with Crippen LogP contribution in [0.25, 0.3) is 0 Å². The zero-order chi connectivity index (χ0) is 27.1. The first-order valence-electron chi connectivity index (χ1n) is 13.1. The van der Waals surface area contributed by atoms with Gasteiger partial charge < -0.3 is 9.64 Å². The Morgan fingerprint density at radius 2 is 1.71 bits per heavy atom. The Bertz CT molecular complexity index is 1370.